The Morgan fingerprint density at radius 3 is 1.83 bits per heavy atom. The number of aliphatic hydroxyl groups is 2. The monoisotopic (exact) mass is 821 g/mol. The molecule has 2 saturated heterocycles. The third-order valence-electron chi connectivity index (χ3n) is 11.9. The molecule has 0 radical (unpaired) electrons. The number of hydrogen-bond donors (Lipinski definition) is 2. The first kappa shape index (κ1) is 45.2. The smallest absolute Gasteiger partial charge is 0.342 e. The van der Waals surface area contributed by atoms with E-state index in [9.17, 15) is 29.0 Å². The summed E-state index contributed by atoms with van der Waals surface area (Å²) in [7, 11) is -4.48. The van der Waals surface area contributed by atoms with Gasteiger partial charge in [0.05, 0.1) is 47.6 Å². The maximum Gasteiger partial charge on any atom is 0.342 e. The second-order valence-corrected chi connectivity index (χ2v) is 18.3. The van der Waals surface area contributed by atoms with Crippen LogP contribution in [0.15, 0.2) is 82.8 Å². The van der Waals surface area contributed by atoms with Crippen molar-refractivity contribution in [2.24, 2.45) is 28.8 Å². The molecule has 0 aromatic heterocycles. The number of benzene rings is 3. The summed E-state index contributed by atoms with van der Waals surface area (Å²) < 4.78 is 58.6. The second kappa shape index (κ2) is 18.2. The van der Waals surface area contributed by atoms with E-state index in [1.807, 2.05) is 88.4 Å². The van der Waals surface area contributed by atoms with E-state index in [1.165, 1.54) is 0 Å². The number of carbonyl (C=O) groups excluding carboxylic acids is 1. The van der Waals surface area contributed by atoms with Gasteiger partial charge in [-0.05, 0) is 77.0 Å². The molecule has 14 heteroatoms. The van der Waals surface area contributed by atoms with E-state index in [2.05, 4.69) is 10.0 Å². The molecule has 3 aromatic rings. The van der Waals surface area contributed by atoms with E-state index in [0.717, 1.165) is 11.1 Å². The second-order valence-electron chi connectivity index (χ2n) is 16.8. The SMILES string of the molecule is CC[C@@H](N=[N+]=[N-])[C@@](C)(O)[C@@H]1O[C@H](c2ccccc2)O[C@@H]([C@H](C)C[C@@](C)(O)[C@@H]2O[C@H](c3ccccc3)O[C@H]([C@@H](C)C(=O)OS(=O)(=O)c3c(C)cc(C)cc3C)[C@@H]2C)[C@@H]1C. The van der Waals surface area contributed by atoms with Crippen molar-refractivity contribution in [2.45, 2.75) is 141 Å². The van der Waals surface area contributed by atoms with Crippen LogP contribution in [0.2, 0.25) is 0 Å². The summed E-state index contributed by atoms with van der Waals surface area (Å²) in [5.41, 5.74) is 9.40. The van der Waals surface area contributed by atoms with Crippen LogP contribution in [0.5, 0.6) is 0 Å². The summed E-state index contributed by atoms with van der Waals surface area (Å²) in [6, 6.07) is 21.1. The van der Waals surface area contributed by atoms with Crippen molar-refractivity contribution in [2.75, 3.05) is 0 Å². The molecule has 58 heavy (non-hydrogen) atoms. The minimum atomic E-state index is -4.48. The Morgan fingerprint density at radius 1 is 0.845 bits per heavy atom. The molecule has 0 bridgehead atoms. The lowest BCUT2D eigenvalue weighted by molar-refractivity contribution is -0.323. The normalized spacial score (nSPS) is 28.8. The van der Waals surface area contributed by atoms with Gasteiger partial charge in [0.1, 0.15) is 4.90 Å². The van der Waals surface area contributed by atoms with Crippen molar-refractivity contribution < 1.29 is 46.6 Å². The Morgan fingerprint density at radius 2 is 1.33 bits per heavy atom. The zero-order valence-electron chi connectivity index (χ0n) is 35.1. The van der Waals surface area contributed by atoms with Gasteiger partial charge in [0.25, 0.3) is 0 Å². The summed E-state index contributed by atoms with van der Waals surface area (Å²) in [6.45, 7) is 17.5. The third kappa shape index (κ3) is 9.61. The van der Waals surface area contributed by atoms with Gasteiger partial charge in [-0.25, -0.2) is 0 Å². The fourth-order valence-corrected chi connectivity index (χ4v) is 10.6. The average Bonchev–Trinajstić information content (AvgIpc) is 3.16. The molecule has 316 valence electrons. The highest BCUT2D eigenvalue weighted by molar-refractivity contribution is 7.87. The minimum Gasteiger partial charge on any atom is -0.387 e. The van der Waals surface area contributed by atoms with Crippen LogP contribution in [0.4, 0.5) is 0 Å². The summed E-state index contributed by atoms with van der Waals surface area (Å²) in [5, 5.41) is 28.4. The molecule has 2 aliphatic rings. The molecular weight excluding hydrogens is 763 g/mol. The molecule has 0 saturated carbocycles. The first-order valence-corrected chi connectivity index (χ1v) is 21.4. The zero-order chi connectivity index (χ0) is 42.7. The van der Waals surface area contributed by atoms with Crippen molar-refractivity contribution in [3.05, 3.63) is 111 Å². The van der Waals surface area contributed by atoms with Gasteiger partial charge in [-0.15, -0.1) is 0 Å². The molecule has 0 unspecified atom stereocenters. The standard InChI is InChI=1S/C44H59N3O10S/c1-11-34(46-47-45)44(10,50)39-29(6)35(53-41(56-39)32-18-14-12-15-19-32)28(5)24-43(9,49)38-30(7)36(54-42(55-38)33-20-16-13-17-21-33)31(8)40(48)57-58(51,52)37-26(3)22-25(2)23-27(37)4/h12-23,28-31,34-36,38-39,41-42,49-50H,11,24H2,1-10H3/t28-,29+,30+,31-,34-,35+,36+,38-,39-,41-,42-,43-,44-/m1/s1. The molecular formula is C44H59N3O10S. The molecule has 3 aromatic carbocycles. The van der Waals surface area contributed by atoms with Crippen LogP contribution < -0.4 is 0 Å². The molecule has 13 atom stereocenters. The van der Waals surface area contributed by atoms with E-state index in [0.29, 0.717) is 23.1 Å². The molecule has 2 aliphatic heterocycles. The third-order valence-corrected chi connectivity index (χ3v) is 13.4. The van der Waals surface area contributed by atoms with E-state index in [4.69, 9.17) is 23.1 Å². The van der Waals surface area contributed by atoms with Crippen molar-refractivity contribution in [1.82, 2.24) is 0 Å². The lowest BCUT2D eigenvalue weighted by Gasteiger charge is -2.51. The Hall–Kier alpha value is -3.85. The molecule has 0 spiro atoms. The predicted molar refractivity (Wildman–Crippen MR) is 218 cm³/mol. The first-order chi connectivity index (χ1) is 27.2. The van der Waals surface area contributed by atoms with Crippen molar-refractivity contribution in [1.29, 1.82) is 0 Å². The summed E-state index contributed by atoms with van der Waals surface area (Å²) in [5.74, 6) is -3.50. The van der Waals surface area contributed by atoms with Gasteiger partial charge in [-0.1, -0.05) is 111 Å². The Labute approximate surface area is 342 Å². The predicted octanol–water partition coefficient (Wildman–Crippen LogP) is 8.33. The highest BCUT2D eigenvalue weighted by atomic mass is 32.2. The lowest BCUT2D eigenvalue weighted by atomic mass is 9.72. The van der Waals surface area contributed by atoms with Gasteiger partial charge in [0.15, 0.2) is 12.6 Å². The number of azide groups is 1. The van der Waals surface area contributed by atoms with Crippen molar-refractivity contribution in [3.8, 4) is 0 Å². The molecule has 13 nitrogen and oxygen atoms in total. The minimum absolute atomic E-state index is 0.0534. The van der Waals surface area contributed by atoms with Crippen LogP contribution in [0.3, 0.4) is 0 Å². The van der Waals surface area contributed by atoms with Crippen molar-refractivity contribution in [3.63, 3.8) is 0 Å². The Kier molecular flexibility index (Phi) is 14.2. The van der Waals surface area contributed by atoms with Crippen LogP contribution in [-0.2, 0) is 38.0 Å². The molecule has 2 heterocycles. The Balaban J connectivity index is 1.44. The van der Waals surface area contributed by atoms with Gasteiger partial charge < -0.3 is 33.3 Å². The molecule has 0 amide bonds. The van der Waals surface area contributed by atoms with Crippen LogP contribution >= 0.6 is 0 Å². The van der Waals surface area contributed by atoms with Gasteiger partial charge in [-0.2, -0.15) is 8.42 Å². The highest BCUT2D eigenvalue weighted by Crippen LogP contribution is 2.46. The number of ether oxygens (including phenoxy) is 4. The zero-order valence-corrected chi connectivity index (χ0v) is 35.9. The number of carbonyl (C=O) groups is 1. The maximum absolute atomic E-state index is 13.8. The van der Waals surface area contributed by atoms with Gasteiger partial charge in [0.2, 0.25) is 0 Å². The quantitative estimate of drug-likeness (QED) is 0.0693. The molecule has 5 rings (SSSR count). The molecule has 2 fully saturated rings. The van der Waals surface area contributed by atoms with Crippen LogP contribution in [0, 0.1) is 44.4 Å². The van der Waals surface area contributed by atoms with Crippen LogP contribution in [-0.4, -0.2) is 66.3 Å². The van der Waals surface area contributed by atoms with E-state index < -0.39 is 88.1 Å². The maximum atomic E-state index is 13.8. The van der Waals surface area contributed by atoms with Crippen LogP contribution in [0.1, 0.15) is 102 Å². The van der Waals surface area contributed by atoms with E-state index in [1.54, 1.807) is 53.7 Å². The highest BCUT2D eigenvalue weighted by Gasteiger charge is 2.54. The number of aryl methyl sites for hydroxylation is 3. The summed E-state index contributed by atoms with van der Waals surface area (Å²) >= 11 is 0. The van der Waals surface area contributed by atoms with E-state index in [-0.39, 0.29) is 17.2 Å². The summed E-state index contributed by atoms with van der Waals surface area (Å²) in [6.07, 6.45) is -4.57. The lowest BCUT2D eigenvalue weighted by Crippen LogP contribution is -2.60. The fourth-order valence-electron chi connectivity index (χ4n) is 9.27. The number of nitrogens with zero attached hydrogens (tertiary/aromatic N) is 3. The van der Waals surface area contributed by atoms with Gasteiger partial charge in [0, 0.05) is 27.9 Å². The number of rotatable bonds is 14. The largest absolute Gasteiger partial charge is 0.387 e. The first-order valence-electron chi connectivity index (χ1n) is 20.0. The molecule has 2 N–H and O–H groups in total. The number of hydrogen-bond acceptors (Lipinski definition) is 11. The molecule has 0 aliphatic carbocycles. The van der Waals surface area contributed by atoms with Crippen molar-refractivity contribution >= 4 is 16.1 Å². The van der Waals surface area contributed by atoms with E-state index >= 15 is 0 Å². The fraction of sp³-hybridized carbons (Fsp3) is 0.568. The summed E-state index contributed by atoms with van der Waals surface area (Å²) in [4.78, 5) is 16.7. The average molecular weight is 822 g/mol. The van der Waals surface area contributed by atoms with Gasteiger partial charge >= 0.3 is 16.1 Å². The topological polar surface area (TPSA) is 187 Å². The van der Waals surface area contributed by atoms with Crippen LogP contribution in [0.25, 0.3) is 10.4 Å². The Bertz CT molecular complexity index is 2020. The van der Waals surface area contributed by atoms with Gasteiger partial charge in [-0.3, -0.25) is 4.79 Å².